The fourth-order valence-electron chi connectivity index (χ4n) is 3.35. The van der Waals surface area contributed by atoms with Gasteiger partial charge in [0.05, 0.1) is 25.1 Å². The Morgan fingerprint density at radius 2 is 1.90 bits per heavy atom. The second-order valence-electron chi connectivity index (χ2n) is 7.27. The van der Waals surface area contributed by atoms with Crippen LogP contribution in [0.25, 0.3) is 16.9 Å². The minimum absolute atomic E-state index is 0.0997. The van der Waals surface area contributed by atoms with Gasteiger partial charge < -0.3 is 9.47 Å². The number of hydrogen-bond donors (Lipinski definition) is 0. The van der Waals surface area contributed by atoms with E-state index in [0.717, 1.165) is 30.9 Å². The Morgan fingerprint density at radius 3 is 2.58 bits per heavy atom. The molecule has 0 spiro atoms. The van der Waals surface area contributed by atoms with Crippen molar-refractivity contribution in [2.45, 2.75) is 13.1 Å². The first kappa shape index (κ1) is 21.3. The lowest BCUT2D eigenvalue weighted by Crippen LogP contribution is -2.38. The van der Waals surface area contributed by atoms with E-state index in [9.17, 15) is 18.0 Å². The number of halogens is 3. The van der Waals surface area contributed by atoms with Crippen LogP contribution in [0.1, 0.15) is 21.6 Å². The van der Waals surface area contributed by atoms with E-state index in [1.807, 2.05) is 6.92 Å². The lowest BCUT2D eigenvalue weighted by Gasteiger charge is -2.26. The molecule has 0 amide bonds. The summed E-state index contributed by atoms with van der Waals surface area (Å²) in [6.07, 6.45) is -3.61. The minimum Gasteiger partial charge on any atom is -0.461 e. The molecule has 1 saturated heterocycles. The zero-order valence-corrected chi connectivity index (χ0v) is 16.9. The standard InChI is InChI=1S/C21H21F3N4O3/c1-14-2-4-15(5-3-14)17-12-18(21(22,23)24)28-19(26-17)16(13-25-28)20(29)31-11-8-27-6-9-30-10-7-27/h2-5,12-13H,6-11H2,1H3. The van der Waals surface area contributed by atoms with E-state index < -0.39 is 17.8 Å². The Kier molecular flexibility index (Phi) is 5.92. The van der Waals surface area contributed by atoms with Crippen LogP contribution in [0.15, 0.2) is 36.5 Å². The highest BCUT2D eigenvalue weighted by Gasteiger charge is 2.36. The van der Waals surface area contributed by atoms with Gasteiger partial charge in [-0.15, -0.1) is 0 Å². The maximum absolute atomic E-state index is 13.7. The van der Waals surface area contributed by atoms with Gasteiger partial charge in [-0.05, 0) is 13.0 Å². The molecule has 0 unspecified atom stereocenters. The van der Waals surface area contributed by atoms with Gasteiger partial charge in [-0.25, -0.2) is 14.3 Å². The fourth-order valence-corrected chi connectivity index (χ4v) is 3.35. The Hall–Kier alpha value is -2.98. The number of ether oxygens (including phenoxy) is 2. The maximum Gasteiger partial charge on any atom is 0.433 e. The molecule has 1 fully saturated rings. The Balaban J connectivity index is 1.63. The summed E-state index contributed by atoms with van der Waals surface area (Å²) < 4.78 is 52.2. The van der Waals surface area contributed by atoms with E-state index in [-0.39, 0.29) is 23.5 Å². The van der Waals surface area contributed by atoms with Crippen molar-refractivity contribution in [3.63, 3.8) is 0 Å². The normalized spacial score (nSPS) is 15.4. The van der Waals surface area contributed by atoms with Crippen LogP contribution in [0.4, 0.5) is 13.2 Å². The number of carbonyl (C=O) groups is 1. The molecular formula is C21H21F3N4O3. The smallest absolute Gasteiger partial charge is 0.433 e. The van der Waals surface area contributed by atoms with Gasteiger partial charge in [-0.1, -0.05) is 29.8 Å². The number of aromatic nitrogens is 3. The van der Waals surface area contributed by atoms with E-state index in [2.05, 4.69) is 15.0 Å². The van der Waals surface area contributed by atoms with Crippen molar-refractivity contribution in [2.75, 3.05) is 39.5 Å². The van der Waals surface area contributed by atoms with Gasteiger partial charge in [0.25, 0.3) is 0 Å². The molecule has 0 bridgehead atoms. The van der Waals surface area contributed by atoms with Crippen molar-refractivity contribution in [1.29, 1.82) is 0 Å². The molecule has 31 heavy (non-hydrogen) atoms. The van der Waals surface area contributed by atoms with Gasteiger partial charge in [0.1, 0.15) is 12.2 Å². The lowest BCUT2D eigenvalue weighted by molar-refractivity contribution is -0.142. The average Bonchev–Trinajstić information content (AvgIpc) is 3.17. The van der Waals surface area contributed by atoms with Gasteiger partial charge in [0.15, 0.2) is 11.3 Å². The molecule has 3 aromatic rings. The van der Waals surface area contributed by atoms with Crippen LogP contribution in [0.5, 0.6) is 0 Å². The number of nitrogens with zero attached hydrogens (tertiary/aromatic N) is 4. The van der Waals surface area contributed by atoms with Crippen LogP contribution in [0, 0.1) is 6.92 Å². The zero-order chi connectivity index (χ0) is 22.0. The molecule has 2 aromatic heterocycles. The average molecular weight is 434 g/mol. The van der Waals surface area contributed by atoms with Crippen LogP contribution in [-0.2, 0) is 15.7 Å². The molecular weight excluding hydrogens is 413 g/mol. The second kappa shape index (κ2) is 8.64. The lowest BCUT2D eigenvalue weighted by atomic mass is 10.1. The molecule has 0 aliphatic carbocycles. The third kappa shape index (κ3) is 4.70. The van der Waals surface area contributed by atoms with Crippen molar-refractivity contribution >= 4 is 11.6 Å². The quantitative estimate of drug-likeness (QED) is 0.575. The summed E-state index contributed by atoms with van der Waals surface area (Å²) in [5.74, 6) is -0.759. The molecule has 4 rings (SSSR count). The topological polar surface area (TPSA) is 69.0 Å². The highest BCUT2D eigenvalue weighted by atomic mass is 19.4. The number of esters is 1. The number of hydrogen-bond acceptors (Lipinski definition) is 6. The number of benzene rings is 1. The fraction of sp³-hybridized carbons (Fsp3) is 0.381. The molecule has 7 nitrogen and oxygen atoms in total. The van der Waals surface area contributed by atoms with Crippen molar-refractivity contribution in [3.8, 4) is 11.3 Å². The van der Waals surface area contributed by atoms with E-state index in [1.54, 1.807) is 24.3 Å². The van der Waals surface area contributed by atoms with Crippen molar-refractivity contribution in [3.05, 3.63) is 53.3 Å². The van der Waals surface area contributed by atoms with E-state index in [1.165, 1.54) is 0 Å². The summed E-state index contributed by atoms with van der Waals surface area (Å²) in [7, 11) is 0. The van der Waals surface area contributed by atoms with Gasteiger partial charge in [0.2, 0.25) is 0 Å². The van der Waals surface area contributed by atoms with Gasteiger partial charge in [0, 0.05) is 25.2 Å². The Morgan fingerprint density at radius 1 is 1.19 bits per heavy atom. The molecule has 0 N–H and O–H groups in total. The van der Waals surface area contributed by atoms with Crippen LogP contribution >= 0.6 is 0 Å². The summed E-state index contributed by atoms with van der Waals surface area (Å²) in [6, 6.07) is 7.87. The molecule has 10 heteroatoms. The highest BCUT2D eigenvalue weighted by molar-refractivity contribution is 5.96. The molecule has 0 radical (unpaired) electrons. The number of morpholine rings is 1. The molecule has 1 aromatic carbocycles. The molecule has 1 aliphatic heterocycles. The first-order valence-electron chi connectivity index (χ1n) is 9.83. The highest BCUT2D eigenvalue weighted by Crippen LogP contribution is 2.32. The zero-order valence-electron chi connectivity index (χ0n) is 16.9. The van der Waals surface area contributed by atoms with Gasteiger partial charge >= 0.3 is 12.1 Å². The summed E-state index contributed by atoms with van der Waals surface area (Å²) in [6.45, 7) is 5.23. The maximum atomic E-state index is 13.7. The first-order valence-corrected chi connectivity index (χ1v) is 9.83. The number of carbonyl (C=O) groups excluding carboxylic acids is 1. The first-order chi connectivity index (χ1) is 14.8. The summed E-state index contributed by atoms with van der Waals surface area (Å²) in [5, 5.41) is 3.76. The predicted octanol–water partition coefficient (Wildman–Crippen LogP) is 3.21. The second-order valence-corrected chi connectivity index (χ2v) is 7.27. The third-order valence-electron chi connectivity index (χ3n) is 5.07. The molecule has 3 heterocycles. The molecule has 0 atom stereocenters. The van der Waals surface area contributed by atoms with Gasteiger partial charge in [-0.2, -0.15) is 18.3 Å². The molecule has 164 valence electrons. The van der Waals surface area contributed by atoms with Crippen molar-refractivity contribution in [1.82, 2.24) is 19.5 Å². The number of fused-ring (bicyclic) bond motifs is 1. The largest absolute Gasteiger partial charge is 0.461 e. The minimum atomic E-state index is -4.68. The SMILES string of the molecule is Cc1ccc(-c2cc(C(F)(F)F)n3ncc(C(=O)OCCN4CCOCC4)c3n2)cc1. The van der Waals surface area contributed by atoms with Crippen molar-refractivity contribution in [2.24, 2.45) is 0 Å². The number of rotatable bonds is 5. The number of alkyl halides is 3. The van der Waals surface area contributed by atoms with E-state index in [0.29, 0.717) is 29.8 Å². The summed E-state index contributed by atoms with van der Waals surface area (Å²) >= 11 is 0. The summed E-state index contributed by atoms with van der Waals surface area (Å²) in [4.78, 5) is 19.0. The number of aryl methyl sites for hydroxylation is 1. The van der Waals surface area contributed by atoms with Crippen LogP contribution in [0.2, 0.25) is 0 Å². The van der Waals surface area contributed by atoms with Crippen LogP contribution in [-0.4, -0.2) is 64.9 Å². The monoisotopic (exact) mass is 434 g/mol. The third-order valence-corrected chi connectivity index (χ3v) is 5.07. The van der Waals surface area contributed by atoms with Crippen molar-refractivity contribution < 1.29 is 27.4 Å². The molecule has 0 saturated carbocycles. The van der Waals surface area contributed by atoms with Crippen LogP contribution in [0.3, 0.4) is 0 Å². The Labute approximate surface area is 176 Å². The predicted molar refractivity (Wildman–Crippen MR) is 106 cm³/mol. The van der Waals surface area contributed by atoms with E-state index in [4.69, 9.17) is 9.47 Å². The molecule has 1 aliphatic rings. The van der Waals surface area contributed by atoms with Gasteiger partial charge in [-0.3, -0.25) is 4.90 Å². The Bertz CT molecular complexity index is 1070. The summed E-state index contributed by atoms with van der Waals surface area (Å²) in [5.41, 5.74) is 0.257. The van der Waals surface area contributed by atoms with E-state index >= 15 is 0 Å². The van der Waals surface area contributed by atoms with Crippen LogP contribution < -0.4 is 0 Å².